The normalized spacial score (nSPS) is 37.5. The molecule has 2 saturated heterocycles. The number of aliphatic hydroxyl groups excluding tert-OH is 6. The molecule has 2 heterocycles. The van der Waals surface area contributed by atoms with Crippen molar-refractivity contribution in [3.05, 3.63) is 10.4 Å². The van der Waals surface area contributed by atoms with Crippen molar-refractivity contribution in [3.8, 4) is 0 Å². The first-order chi connectivity index (χ1) is 16.7. The molecule has 35 heavy (non-hydrogen) atoms. The van der Waals surface area contributed by atoms with Gasteiger partial charge in [0.1, 0.15) is 48.8 Å². The van der Waals surface area contributed by atoms with Crippen molar-refractivity contribution < 1.29 is 54.4 Å². The second-order valence-electron chi connectivity index (χ2n) is 8.48. The van der Waals surface area contributed by atoms with Crippen LogP contribution < -0.4 is 5.32 Å². The number of hydrogen-bond donors (Lipinski definition) is 7. The Morgan fingerprint density at radius 1 is 0.943 bits per heavy atom. The molecule has 15 heteroatoms. The van der Waals surface area contributed by atoms with E-state index in [1.807, 2.05) is 0 Å². The van der Waals surface area contributed by atoms with E-state index in [1.54, 1.807) is 0 Å². The SMILES string of the molecule is CC(=O)N[C@H]1[C@H](OCCCCCCN=[N+]=[N-])O[C@H](CO)[C@@H](O)[C@@H]1O[C@@H]1O[C@H](CO)[C@H](O)[C@H](O)[C@H]1O. The number of nitrogens with one attached hydrogen (secondary N) is 1. The number of unbranched alkanes of at least 4 members (excludes halogenated alkanes) is 3. The van der Waals surface area contributed by atoms with Crippen molar-refractivity contribution in [2.45, 2.75) is 94.0 Å². The Labute approximate surface area is 202 Å². The highest BCUT2D eigenvalue weighted by atomic mass is 16.7. The number of hydrogen-bond acceptors (Lipinski definition) is 12. The molecule has 202 valence electrons. The van der Waals surface area contributed by atoms with Gasteiger partial charge in [-0.1, -0.05) is 18.0 Å². The van der Waals surface area contributed by atoms with E-state index in [-0.39, 0.29) is 6.61 Å². The molecule has 0 aromatic rings. The fourth-order valence-corrected chi connectivity index (χ4v) is 3.98. The number of carbonyl (C=O) groups is 1. The van der Waals surface area contributed by atoms with E-state index < -0.39 is 80.5 Å². The number of ether oxygens (including phenoxy) is 4. The van der Waals surface area contributed by atoms with Crippen molar-refractivity contribution in [2.24, 2.45) is 5.11 Å². The zero-order chi connectivity index (χ0) is 26.0. The minimum Gasteiger partial charge on any atom is -0.394 e. The van der Waals surface area contributed by atoms with Gasteiger partial charge in [-0.3, -0.25) is 4.79 Å². The minimum atomic E-state index is -1.74. The van der Waals surface area contributed by atoms with Crippen LogP contribution in [-0.4, -0.2) is 124 Å². The lowest BCUT2D eigenvalue weighted by molar-refractivity contribution is -0.344. The van der Waals surface area contributed by atoms with Gasteiger partial charge < -0.3 is 54.9 Å². The first-order valence-corrected chi connectivity index (χ1v) is 11.5. The zero-order valence-electron chi connectivity index (χ0n) is 19.5. The average Bonchev–Trinajstić information content (AvgIpc) is 2.83. The molecule has 1 amide bonds. The van der Waals surface area contributed by atoms with E-state index in [1.165, 1.54) is 6.92 Å². The predicted octanol–water partition coefficient (Wildman–Crippen LogP) is -2.36. The molecule has 0 saturated carbocycles. The lowest BCUT2D eigenvalue weighted by atomic mass is 9.95. The summed E-state index contributed by atoms with van der Waals surface area (Å²) >= 11 is 0. The monoisotopic (exact) mass is 508 g/mol. The van der Waals surface area contributed by atoms with Crippen molar-refractivity contribution in [1.29, 1.82) is 0 Å². The second kappa shape index (κ2) is 14.8. The zero-order valence-corrected chi connectivity index (χ0v) is 19.5. The average molecular weight is 509 g/mol. The van der Waals surface area contributed by atoms with Crippen LogP contribution in [0, 0.1) is 0 Å². The maximum Gasteiger partial charge on any atom is 0.217 e. The van der Waals surface area contributed by atoms with Gasteiger partial charge in [-0.25, -0.2) is 0 Å². The molecule has 2 aliphatic heterocycles. The van der Waals surface area contributed by atoms with Crippen LogP contribution in [0.25, 0.3) is 10.4 Å². The van der Waals surface area contributed by atoms with Crippen LogP contribution in [0.1, 0.15) is 32.6 Å². The van der Waals surface area contributed by atoms with Crippen LogP contribution in [0.5, 0.6) is 0 Å². The summed E-state index contributed by atoms with van der Waals surface area (Å²) in [5.74, 6) is -0.498. The Balaban J connectivity index is 2.09. The molecule has 2 rings (SSSR count). The van der Waals surface area contributed by atoms with Crippen LogP contribution in [0.15, 0.2) is 5.11 Å². The molecule has 15 nitrogen and oxygen atoms in total. The van der Waals surface area contributed by atoms with Crippen molar-refractivity contribution in [2.75, 3.05) is 26.4 Å². The molecule has 7 N–H and O–H groups in total. The summed E-state index contributed by atoms with van der Waals surface area (Å²) in [6.07, 6.45) is -10.1. The van der Waals surface area contributed by atoms with E-state index in [0.717, 1.165) is 19.3 Å². The molecule has 0 aromatic heterocycles. The standard InChI is InChI=1S/C20H36N4O11/c1-10(27)23-13-18(35-20-17(31)16(30)14(28)11(8-25)34-20)15(29)12(9-26)33-19(13)32-7-5-3-2-4-6-22-24-21/h11-20,25-26,28-31H,2-9H2,1H3,(H,23,27)/t11-,12-,13-,14+,15-,16+,17-,18-,19-,20+/m1/s1. The molecule has 0 aromatic carbocycles. The van der Waals surface area contributed by atoms with E-state index in [4.69, 9.17) is 24.5 Å². The summed E-state index contributed by atoms with van der Waals surface area (Å²) in [5, 5.41) is 66.2. The Morgan fingerprint density at radius 2 is 1.57 bits per heavy atom. The lowest BCUT2D eigenvalue weighted by Gasteiger charge is -2.47. The molecular formula is C20H36N4O11. The maximum absolute atomic E-state index is 11.9. The van der Waals surface area contributed by atoms with E-state index >= 15 is 0 Å². The molecule has 0 radical (unpaired) electrons. The molecular weight excluding hydrogens is 472 g/mol. The molecule has 0 spiro atoms. The third-order valence-electron chi connectivity index (χ3n) is 5.86. The highest BCUT2D eigenvalue weighted by Crippen LogP contribution is 2.29. The van der Waals surface area contributed by atoms with Gasteiger partial charge >= 0.3 is 0 Å². The van der Waals surface area contributed by atoms with Crippen LogP contribution in [-0.2, 0) is 23.7 Å². The van der Waals surface area contributed by atoms with Gasteiger partial charge in [0.25, 0.3) is 0 Å². The molecule has 2 fully saturated rings. The maximum atomic E-state index is 11.9. The Morgan fingerprint density at radius 3 is 2.20 bits per heavy atom. The van der Waals surface area contributed by atoms with Gasteiger partial charge in [0.2, 0.25) is 5.91 Å². The fraction of sp³-hybridized carbons (Fsp3) is 0.950. The number of aliphatic hydroxyl groups is 6. The van der Waals surface area contributed by atoms with Gasteiger partial charge in [0.15, 0.2) is 12.6 Å². The van der Waals surface area contributed by atoms with Crippen molar-refractivity contribution >= 4 is 5.91 Å². The van der Waals surface area contributed by atoms with Crippen LogP contribution in [0.3, 0.4) is 0 Å². The van der Waals surface area contributed by atoms with E-state index in [0.29, 0.717) is 13.0 Å². The van der Waals surface area contributed by atoms with Crippen LogP contribution in [0.2, 0.25) is 0 Å². The van der Waals surface area contributed by atoms with Gasteiger partial charge in [-0.05, 0) is 18.4 Å². The molecule has 0 bridgehead atoms. The molecule has 2 aliphatic rings. The van der Waals surface area contributed by atoms with E-state index in [9.17, 15) is 35.4 Å². The molecule has 0 unspecified atom stereocenters. The lowest BCUT2D eigenvalue weighted by Crippen LogP contribution is -2.68. The third-order valence-corrected chi connectivity index (χ3v) is 5.86. The Hall–Kier alpha value is -1.62. The quantitative estimate of drug-likeness (QED) is 0.0601. The predicted molar refractivity (Wildman–Crippen MR) is 116 cm³/mol. The third kappa shape index (κ3) is 8.20. The number of amides is 1. The van der Waals surface area contributed by atoms with E-state index in [2.05, 4.69) is 15.3 Å². The summed E-state index contributed by atoms with van der Waals surface area (Å²) in [5.41, 5.74) is 8.28. The Kier molecular flexibility index (Phi) is 12.5. The number of azide groups is 1. The molecule has 10 atom stereocenters. The first kappa shape index (κ1) is 29.6. The Bertz CT molecular complexity index is 696. The summed E-state index contributed by atoms with van der Waals surface area (Å²) in [4.78, 5) is 14.6. The van der Waals surface area contributed by atoms with Crippen molar-refractivity contribution in [1.82, 2.24) is 5.32 Å². The highest BCUT2D eigenvalue weighted by molar-refractivity contribution is 5.73. The number of nitrogens with zero attached hydrogens (tertiary/aromatic N) is 3. The van der Waals surface area contributed by atoms with Crippen LogP contribution >= 0.6 is 0 Å². The molecule has 0 aliphatic carbocycles. The summed E-state index contributed by atoms with van der Waals surface area (Å²) < 4.78 is 22.5. The fourth-order valence-electron chi connectivity index (χ4n) is 3.98. The largest absolute Gasteiger partial charge is 0.394 e. The minimum absolute atomic E-state index is 0.212. The van der Waals surface area contributed by atoms with Crippen molar-refractivity contribution in [3.63, 3.8) is 0 Å². The smallest absolute Gasteiger partial charge is 0.217 e. The van der Waals surface area contributed by atoms with Gasteiger partial charge in [0.05, 0.1) is 13.2 Å². The van der Waals surface area contributed by atoms with Gasteiger partial charge in [0, 0.05) is 25.0 Å². The van der Waals surface area contributed by atoms with Gasteiger partial charge in [-0.2, -0.15) is 0 Å². The summed E-state index contributed by atoms with van der Waals surface area (Å²) in [7, 11) is 0. The summed E-state index contributed by atoms with van der Waals surface area (Å²) in [6.45, 7) is 0.562. The number of rotatable bonds is 13. The van der Waals surface area contributed by atoms with Crippen LogP contribution in [0.4, 0.5) is 0 Å². The highest BCUT2D eigenvalue weighted by Gasteiger charge is 2.51. The second-order valence-corrected chi connectivity index (χ2v) is 8.48. The number of carbonyl (C=O) groups excluding carboxylic acids is 1. The van der Waals surface area contributed by atoms with Gasteiger partial charge in [-0.15, -0.1) is 0 Å². The first-order valence-electron chi connectivity index (χ1n) is 11.5. The topological polar surface area (TPSA) is 236 Å². The summed E-state index contributed by atoms with van der Waals surface area (Å²) in [6, 6.07) is -1.09.